The first-order chi connectivity index (χ1) is 9.76. The molecule has 0 amide bonds. The normalized spacial score (nSPS) is 28.1. The molecule has 2 saturated heterocycles. The average molecular weight is 339 g/mol. The van der Waals surface area contributed by atoms with Crippen LogP contribution >= 0.6 is 0 Å². The summed E-state index contributed by atoms with van der Waals surface area (Å²) in [4.78, 5) is 11.6. The minimum absolute atomic E-state index is 0.0782. The van der Waals surface area contributed by atoms with Gasteiger partial charge in [-0.1, -0.05) is 0 Å². The molecule has 2 fully saturated rings. The molecule has 0 bridgehead atoms. The van der Waals surface area contributed by atoms with Gasteiger partial charge in [0.25, 0.3) is 0 Å². The first-order valence-corrected chi connectivity index (χ1v) is 10.4. The molecule has 0 spiro atoms. The predicted molar refractivity (Wildman–Crippen MR) is 76.9 cm³/mol. The van der Waals surface area contributed by atoms with E-state index in [1.165, 1.54) is 11.4 Å². The van der Waals surface area contributed by atoms with Crippen LogP contribution in [0.3, 0.4) is 0 Å². The monoisotopic (exact) mass is 339 g/mol. The van der Waals surface area contributed by atoms with E-state index in [0.717, 1.165) is 0 Å². The minimum atomic E-state index is -3.55. The van der Waals surface area contributed by atoms with Crippen molar-refractivity contribution in [1.82, 2.24) is 4.31 Å². The zero-order valence-electron chi connectivity index (χ0n) is 12.0. The number of sulfone groups is 1. The van der Waals surface area contributed by atoms with Crippen molar-refractivity contribution in [3.05, 3.63) is 0 Å². The van der Waals surface area contributed by atoms with Crippen molar-refractivity contribution >= 4 is 25.8 Å². The van der Waals surface area contributed by atoms with Gasteiger partial charge in [-0.25, -0.2) is 21.1 Å². The second-order valence-electron chi connectivity index (χ2n) is 5.62. The smallest absolute Gasteiger partial charge is 0.309 e. The maximum absolute atomic E-state index is 12.6. The molecule has 0 aromatic heterocycles. The highest BCUT2D eigenvalue weighted by Crippen LogP contribution is 2.27. The number of hydrogen-bond acceptors (Lipinski definition) is 6. The quantitative estimate of drug-likeness (QED) is 0.659. The van der Waals surface area contributed by atoms with Crippen LogP contribution in [-0.2, 0) is 29.4 Å². The van der Waals surface area contributed by atoms with E-state index in [1.54, 1.807) is 0 Å². The third-order valence-electron chi connectivity index (χ3n) is 4.20. The summed E-state index contributed by atoms with van der Waals surface area (Å²) in [5, 5.41) is -0.655. The summed E-state index contributed by atoms with van der Waals surface area (Å²) in [6, 6.07) is 0. The summed E-state index contributed by atoms with van der Waals surface area (Å²) in [5.41, 5.74) is 0. The van der Waals surface area contributed by atoms with Crippen molar-refractivity contribution in [2.45, 2.75) is 30.9 Å². The van der Waals surface area contributed by atoms with Crippen molar-refractivity contribution < 1.29 is 26.4 Å². The predicted octanol–water partition coefficient (Wildman–Crippen LogP) is -0.222. The molecule has 1 atom stereocenters. The number of ether oxygens (including phenoxy) is 1. The molecule has 0 aromatic carbocycles. The fourth-order valence-electron chi connectivity index (χ4n) is 2.91. The maximum atomic E-state index is 12.6. The van der Waals surface area contributed by atoms with E-state index < -0.39 is 31.0 Å². The summed E-state index contributed by atoms with van der Waals surface area (Å²) >= 11 is 0. The Morgan fingerprint density at radius 3 is 2.38 bits per heavy atom. The van der Waals surface area contributed by atoms with Crippen molar-refractivity contribution in [2.24, 2.45) is 5.92 Å². The Hall–Kier alpha value is -0.670. The van der Waals surface area contributed by atoms with Gasteiger partial charge in [-0.05, 0) is 25.7 Å². The zero-order chi connectivity index (χ0) is 15.7. The number of nitrogens with zero attached hydrogens (tertiary/aromatic N) is 1. The number of rotatable bonds is 3. The Morgan fingerprint density at radius 2 is 1.81 bits per heavy atom. The van der Waals surface area contributed by atoms with Crippen LogP contribution in [0.15, 0.2) is 0 Å². The lowest BCUT2D eigenvalue weighted by atomic mass is 10.0. The van der Waals surface area contributed by atoms with Crippen molar-refractivity contribution in [2.75, 3.05) is 31.7 Å². The fourth-order valence-corrected chi connectivity index (χ4v) is 6.72. The van der Waals surface area contributed by atoms with Gasteiger partial charge in [0, 0.05) is 13.1 Å². The van der Waals surface area contributed by atoms with E-state index >= 15 is 0 Å². The van der Waals surface area contributed by atoms with E-state index in [-0.39, 0.29) is 36.9 Å². The van der Waals surface area contributed by atoms with Crippen LogP contribution in [0.4, 0.5) is 0 Å². The van der Waals surface area contributed by atoms with Gasteiger partial charge in [0.15, 0.2) is 0 Å². The lowest BCUT2D eigenvalue weighted by Crippen LogP contribution is -2.48. The molecule has 0 radical (unpaired) electrons. The topological polar surface area (TPSA) is 97.8 Å². The first-order valence-electron chi connectivity index (χ1n) is 7.03. The van der Waals surface area contributed by atoms with Crippen LogP contribution < -0.4 is 0 Å². The van der Waals surface area contributed by atoms with Crippen molar-refractivity contribution in [1.29, 1.82) is 0 Å². The van der Waals surface area contributed by atoms with E-state index in [0.29, 0.717) is 19.4 Å². The van der Waals surface area contributed by atoms with E-state index in [4.69, 9.17) is 0 Å². The van der Waals surface area contributed by atoms with Crippen LogP contribution in [0.1, 0.15) is 25.7 Å². The number of carbonyl (C=O) groups excluding carboxylic acids is 1. The maximum Gasteiger partial charge on any atom is 0.309 e. The van der Waals surface area contributed by atoms with Gasteiger partial charge in [-0.15, -0.1) is 0 Å². The molecule has 9 heteroatoms. The number of sulfonamides is 1. The van der Waals surface area contributed by atoms with Crippen LogP contribution in [0, 0.1) is 5.92 Å². The second kappa shape index (κ2) is 6.21. The van der Waals surface area contributed by atoms with E-state index in [2.05, 4.69) is 4.74 Å². The number of hydrogen-bond donors (Lipinski definition) is 0. The molecular weight excluding hydrogens is 318 g/mol. The molecule has 0 aromatic rings. The number of esters is 1. The highest BCUT2D eigenvalue weighted by atomic mass is 32.2. The molecule has 0 N–H and O–H groups in total. The van der Waals surface area contributed by atoms with Crippen LogP contribution in [-0.4, -0.2) is 64.1 Å². The molecule has 2 heterocycles. The molecule has 21 heavy (non-hydrogen) atoms. The second-order valence-corrected chi connectivity index (χ2v) is 10.1. The molecule has 0 saturated carbocycles. The lowest BCUT2D eigenvalue weighted by molar-refractivity contribution is -0.146. The Balaban J connectivity index is 2.07. The number of carbonyl (C=O) groups is 1. The number of piperidine rings is 1. The van der Waals surface area contributed by atoms with Crippen LogP contribution in [0.25, 0.3) is 0 Å². The van der Waals surface area contributed by atoms with Crippen LogP contribution in [0.2, 0.25) is 0 Å². The fraction of sp³-hybridized carbons (Fsp3) is 0.917. The summed E-state index contributed by atoms with van der Waals surface area (Å²) < 4.78 is 54.0. The van der Waals surface area contributed by atoms with Crippen molar-refractivity contribution in [3.63, 3.8) is 0 Å². The molecule has 0 aliphatic carbocycles. The minimum Gasteiger partial charge on any atom is -0.469 e. The number of methoxy groups -OCH3 is 1. The molecule has 2 aliphatic rings. The molecule has 2 aliphatic heterocycles. The Kier molecular flexibility index (Phi) is 4.94. The van der Waals surface area contributed by atoms with Crippen molar-refractivity contribution in [3.8, 4) is 0 Å². The molecule has 2 rings (SSSR count). The standard InChI is InChI=1S/C12H21NO6S2/c1-19-12(14)10-3-2-6-13(9-10)21(17,18)11-4-7-20(15,16)8-5-11/h10-11H,2-9H2,1H3/t10-/m0/s1. The summed E-state index contributed by atoms with van der Waals surface area (Å²) in [7, 11) is -5.35. The average Bonchev–Trinajstić information content (AvgIpc) is 2.46. The highest BCUT2D eigenvalue weighted by molar-refractivity contribution is 7.92. The molecule has 7 nitrogen and oxygen atoms in total. The van der Waals surface area contributed by atoms with Gasteiger partial charge < -0.3 is 4.74 Å². The third-order valence-corrected chi connectivity index (χ3v) is 8.28. The Bertz CT molecular complexity index is 583. The summed E-state index contributed by atoms with van der Waals surface area (Å²) in [6.45, 7) is 0.525. The first kappa shape index (κ1) is 16.7. The third kappa shape index (κ3) is 3.75. The van der Waals surface area contributed by atoms with Gasteiger partial charge in [-0.2, -0.15) is 0 Å². The Morgan fingerprint density at radius 1 is 1.19 bits per heavy atom. The largest absolute Gasteiger partial charge is 0.469 e. The lowest BCUT2D eigenvalue weighted by Gasteiger charge is -2.34. The summed E-state index contributed by atoms with van der Waals surface area (Å²) in [6.07, 6.45) is 1.52. The zero-order valence-corrected chi connectivity index (χ0v) is 13.7. The highest BCUT2D eigenvalue weighted by Gasteiger charge is 2.39. The van der Waals surface area contributed by atoms with Gasteiger partial charge >= 0.3 is 5.97 Å². The van der Waals surface area contributed by atoms with E-state index in [9.17, 15) is 21.6 Å². The summed E-state index contributed by atoms with van der Waals surface area (Å²) in [5.74, 6) is -0.969. The molecule has 122 valence electrons. The Labute approximate surface area is 125 Å². The van der Waals surface area contributed by atoms with Crippen LogP contribution in [0.5, 0.6) is 0 Å². The SMILES string of the molecule is COC(=O)[C@H]1CCCN(S(=O)(=O)C2CCS(=O)(=O)CC2)C1. The molecule has 0 unspecified atom stereocenters. The van der Waals surface area contributed by atoms with E-state index in [1.807, 2.05) is 0 Å². The van der Waals surface area contributed by atoms with Gasteiger partial charge in [-0.3, -0.25) is 4.79 Å². The van der Waals surface area contributed by atoms with Gasteiger partial charge in [0.05, 0.1) is 29.8 Å². The van der Waals surface area contributed by atoms with Gasteiger partial charge in [0.2, 0.25) is 10.0 Å². The molecular formula is C12H21NO6S2. The van der Waals surface area contributed by atoms with Gasteiger partial charge in [0.1, 0.15) is 9.84 Å².